The molecule has 0 aliphatic carbocycles. The molecule has 0 aromatic carbocycles. The van der Waals surface area contributed by atoms with Crippen LogP contribution in [0.3, 0.4) is 0 Å². The molecule has 0 spiro atoms. The van der Waals surface area contributed by atoms with Gasteiger partial charge in [-0.1, -0.05) is 59.1 Å². The number of hydrogen-bond acceptors (Lipinski definition) is 2. The van der Waals surface area contributed by atoms with Crippen molar-refractivity contribution in [1.82, 2.24) is 5.32 Å². The summed E-state index contributed by atoms with van der Waals surface area (Å²) in [5, 5.41) is 3.00. The number of rotatable bonds is 9. The van der Waals surface area contributed by atoms with E-state index in [1.54, 1.807) is 7.05 Å². The summed E-state index contributed by atoms with van der Waals surface area (Å²) in [7, 11) is 2.29. The van der Waals surface area contributed by atoms with Crippen LogP contribution in [-0.4, -0.2) is 25.7 Å². The van der Waals surface area contributed by atoms with Crippen molar-refractivity contribution in [2.24, 2.45) is 5.73 Å². The van der Waals surface area contributed by atoms with Gasteiger partial charge in [-0.3, -0.25) is 9.18 Å². The standard InChI is InChI=1S/C13H26N2O.2C2H6.CH3F/c1-4-5-6-7-8-9-10-11-13(2,15-3)12(14)16;3*1-2/h4-5,15H,6-11H2,1-3H3,(H2,14,16);2*1-2H3;1H3/b5-4+;;;. The smallest absolute Gasteiger partial charge is 0.237 e. The Bertz CT molecular complexity index is 233. The van der Waals surface area contributed by atoms with Gasteiger partial charge in [-0.25, -0.2) is 0 Å². The van der Waals surface area contributed by atoms with Crippen LogP contribution in [0, 0.1) is 0 Å². The summed E-state index contributed by atoms with van der Waals surface area (Å²) >= 11 is 0. The minimum Gasteiger partial charge on any atom is -0.368 e. The second-order valence-corrected chi connectivity index (χ2v) is 4.47. The van der Waals surface area contributed by atoms with Gasteiger partial charge in [0.15, 0.2) is 0 Å². The lowest BCUT2D eigenvalue weighted by molar-refractivity contribution is -0.123. The van der Waals surface area contributed by atoms with Gasteiger partial charge in [0.2, 0.25) is 5.91 Å². The molecule has 0 bridgehead atoms. The molecule has 22 heavy (non-hydrogen) atoms. The van der Waals surface area contributed by atoms with Gasteiger partial charge >= 0.3 is 0 Å². The molecule has 0 aliphatic rings. The number of alkyl halides is 1. The molecule has 0 heterocycles. The largest absolute Gasteiger partial charge is 0.368 e. The number of likely N-dealkylation sites (N-methyl/N-ethyl adjacent to an activating group) is 1. The number of amides is 1. The SMILES string of the molecule is C/C=C/CCCCCCC(C)(NC)C(N)=O.CC.CC.CF. The maximum Gasteiger partial charge on any atom is 0.237 e. The summed E-state index contributed by atoms with van der Waals surface area (Å²) in [6, 6.07) is 0. The lowest BCUT2D eigenvalue weighted by Gasteiger charge is -2.25. The summed E-state index contributed by atoms with van der Waals surface area (Å²) in [6.07, 6.45) is 10.9. The van der Waals surface area contributed by atoms with Crippen LogP contribution in [0.4, 0.5) is 4.39 Å². The molecule has 0 fully saturated rings. The van der Waals surface area contributed by atoms with E-state index in [9.17, 15) is 9.18 Å². The fraction of sp³-hybridized carbons (Fsp3) is 0.833. The number of carbonyl (C=O) groups is 1. The molecule has 1 amide bonds. The first-order valence-corrected chi connectivity index (χ1v) is 8.54. The van der Waals surface area contributed by atoms with Crippen molar-refractivity contribution < 1.29 is 9.18 Å². The van der Waals surface area contributed by atoms with Gasteiger partial charge in [-0.2, -0.15) is 0 Å². The van der Waals surface area contributed by atoms with E-state index in [4.69, 9.17) is 5.73 Å². The van der Waals surface area contributed by atoms with E-state index in [0.717, 1.165) is 19.3 Å². The van der Waals surface area contributed by atoms with Crippen LogP contribution >= 0.6 is 0 Å². The highest BCUT2D eigenvalue weighted by Gasteiger charge is 2.27. The summed E-state index contributed by atoms with van der Waals surface area (Å²) in [6.45, 7) is 11.9. The maximum atomic E-state index is 11.2. The molecular weight excluding hydrogens is 279 g/mol. The normalized spacial score (nSPS) is 11.9. The summed E-state index contributed by atoms with van der Waals surface area (Å²) in [4.78, 5) is 11.2. The van der Waals surface area contributed by atoms with Gasteiger partial charge in [0, 0.05) is 0 Å². The number of nitrogens with one attached hydrogen (secondary N) is 1. The third kappa shape index (κ3) is 19.1. The van der Waals surface area contributed by atoms with Gasteiger partial charge in [0.05, 0.1) is 12.7 Å². The van der Waals surface area contributed by atoms with Crippen molar-refractivity contribution >= 4 is 5.91 Å². The lowest BCUT2D eigenvalue weighted by atomic mass is 9.93. The van der Waals surface area contributed by atoms with Crippen molar-refractivity contribution in [3.8, 4) is 0 Å². The highest BCUT2D eigenvalue weighted by Crippen LogP contribution is 2.15. The highest BCUT2D eigenvalue weighted by molar-refractivity contribution is 5.84. The third-order valence-corrected chi connectivity index (χ3v) is 3.13. The van der Waals surface area contributed by atoms with Crippen LogP contribution in [0.2, 0.25) is 0 Å². The molecule has 1 atom stereocenters. The maximum absolute atomic E-state index is 11.2. The minimum atomic E-state index is -0.538. The number of nitrogens with two attached hydrogens (primary N) is 1. The Morgan fingerprint density at radius 2 is 1.55 bits per heavy atom. The fourth-order valence-corrected chi connectivity index (χ4v) is 1.63. The van der Waals surface area contributed by atoms with Crippen LogP contribution in [0.5, 0.6) is 0 Å². The third-order valence-electron chi connectivity index (χ3n) is 3.13. The second-order valence-electron chi connectivity index (χ2n) is 4.47. The van der Waals surface area contributed by atoms with Gasteiger partial charge < -0.3 is 11.1 Å². The van der Waals surface area contributed by atoms with Crippen LogP contribution in [0.15, 0.2) is 12.2 Å². The van der Waals surface area contributed by atoms with Crippen LogP contribution in [0.1, 0.15) is 80.1 Å². The number of carbonyl (C=O) groups excluding carboxylic acids is 1. The van der Waals surface area contributed by atoms with Gasteiger partial charge in [0.1, 0.15) is 0 Å². The molecular formula is C18H41FN2O. The topological polar surface area (TPSA) is 55.1 Å². The Kier molecular flexibility index (Phi) is 33.2. The molecule has 0 rings (SSSR count). The molecule has 0 saturated heterocycles. The molecule has 0 radical (unpaired) electrons. The zero-order valence-corrected chi connectivity index (χ0v) is 16.3. The number of primary amides is 1. The van der Waals surface area contributed by atoms with E-state index in [-0.39, 0.29) is 5.91 Å². The molecule has 3 N–H and O–H groups in total. The Morgan fingerprint density at radius 3 is 1.91 bits per heavy atom. The summed E-state index contributed by atoms with van der Waals surface area (Å²) in [5.74, 6) is -0.260. The van der Waals surface area contributed by atoms with Crippen molar-refractivity contribution in [3.05, 3.63) is 12.2 Å². The molecule has 0 aromatic heterocycles. The van der Waals surface area contributed by atoms with Crippen LogP contribution < -0.4 is 11.1 Å². The van der Waals surface area contributed by atoms with Crippen molar-refractivity contribution in [2.75, 3.05) is 14.2 Å². The molecule has 0 aliphatic heterocycles. The van der Waals surface area contributed by atoms with E-state index in [1.807, 2.05) is 41.5 Å². The second kappa shape index (κ2) is 25.1. The average molecular weight is 321 g/mol. The Morgan fingerprint density at radius 1 is 1.09 bits per heavy atom. The van der Waals surface area contributed by atoms with Crippen LogP contribution in [0.25, 0.3) is 0 Å². The van der Waals surface area contributed by atoms with Gasteiger partial charge in [-0.05, 0) is 40.2 Å². The fourth-order valence-electron chi connectivity index (χ4n) is 1.63. The molecule has 0 aromatic rings. The quantitative estimate of drug-likeness (QED) is 0.464. The Labute approximate surface area is 138 Å². The number of unbranched alkanes of at least 4 members (excludes halogenated alkanes) is 4. The van der Waals surface area contributed by atoms with E-state index >= 15 is 0 Å². The number of allylic oxidation sites excluding steroid dienone is 2. The lowest BCUT2D eigenvalue weighted by Crippen LogP contribution is -2.51. The number of halogens is 1. The Hall–Kier alpha value is -0.900. The van der Waals surface area contributed by atoms with E-state index in [0.29, 0.717) is 7.18 Å². The first-order valence-electron chi connectivity index (χ1n) is 8.54. The molecule has 136 valence electrons. The summed E-state index contributed by atoms with van der Waals surface area (Å²) in [5.41, 5.74) is 4.81. The van der Waals surface area contributed by atoms with Gasteiger partial charge in [0.25, 0.3) is 0 Å². The molecule has 0 saturated carbocycles. The summed E-state index contributed by atoms with van der Waals surface area (Å²) < 4.78 is 9.50. The van der Waals surface area contributed by atoms with Crippen molar-refractivity contribution in [2.45, 2.75) is 85.6 Å². The Balaban J connectivity index is -0.000000238. The zero-order valence-electron chi connectivity index (χ0n) is 16.3. The van der Waals surface area contributed by atoms with Crippen LogP contribution in [-0.2, 0) is 4.79 Å². The van der Waals surface area contributed by atoms with E-state index in [2.05, 4.69) is 17.5 Å². The first kappa shape index (κ1) is 29.2. The average Bonchev–Trinajstić information content (AvgIpc) is 2.59. The molecule has 4 heteroatoms. The minimum absolute atomic E-state index is 0.260. The van der Waals surface area contributed by atoms with Gasteiger partial charge in [-0.15, -0.1) is 0 Å². The predicted molar refractivity (Wildman–Crippen MR) is 98.9 cm³/mol. The molecule has 3 nitrogen and oxygen atoms in total. The van der Waals surface area contributed by atoms with E-state index in [1.165, 1.54) is 19.3 Å². The zero-order chi connectivity index (χ0) is 18.4. The van der Waals surface area contributed by atoms with E-state index < -0.39 is 5.54 Å². The monoisotopic (exact) mass is 320 g/mol. The number of hydrogen-bond donors (Lipinski definition) is 2. The van der Waals surface area contributed by atoms with Crippen molar-refractivity contribution in [3.63, 3.8) is 0 Å². The highest BCUT2D eigenvalue weighted by atomic mass is 19.1. The van der Waals surface area contributed by atoms with Crippen molar-refractivity contribution in [1.29, 1.82) is 0 Å². The first-order chi connectivity index (χ1) is 10.6. The predicted octanol–water partition coefficient (Wildman–Crippen LogP) is 5.00. The molecule has 1 unspecified atom stereocenters.